The number of pyridine rings is 1. The van der Waals surface area contributed by atoms with Crippen LogP contribution in [0.5, 0.6) is 0 Å². The van der Waals surface area contributed by atoms with Gasteiger partial charge < -0.3 is 4.57 Å². The Balaban J connectivity index is 1.80. The number of carbonyl (C=O) groups excluding carboxylic acids is 2. The second-order valence-corrected chi connectivity index (χ2v) is 8.90. The summed E-state index contributed by atoms with van der Waals surface area (Å²) in [6.45, 7) is 6.22. The molecule has 1 saturated heterocycles. The van der Waals surface area contributed by atoms with Crippen molar-refractivity contribution in [3.8, 4) is 11.8 Å². The SMILES string of the molecule is CCCC(=O)/C=C/c1cnc2c(C(=O)CN3CCCCC3)c(C)n(-c3ccc(C#N)cc3)c2c1. The number of fused-ring (bicyclic) bond motifs is 1. The molecule has 1 aliphatic heterocycles. The number of nitrogens with zero attached hydrogens (tertiary/aromatic N) is 4. The van der Waals surface area contributed by atoms with Crippen LogP contribution in [0.15, 0.2) is 42.6 Å². The lowest BCUT2D eigenvalue weighted by Crippen LogP contribution is -2.34. The molecule has 2 aromatic heterocycles. The van der Waals surface area contributed by atoms with Gasteiger partial charge in [-0.2, -0.15) is 5.26 Å². The maximum atomic E-state index is 13.5. The molecule has 1 fully saturated rings. The van der Waals surface area contributed by atoms with E-state index in [0.717, 1.165) is 54.8 Å². The molecule has 0 bridgehead atoms. The number of Topliss-reactive ketones (excluding diaryl/α,β-unsaturated/α-hetero) is 1. The van der Waals surface area contributed by atoms with Gasteiger partial charge in [0.25, 0.3) is 0 Å². The van der Waals surface area contributed by atoms with E-state index in [1.165, 1.54) is 6.42 Å². The summed E-state index contributed by atoms with van der Waals surface area (Å²) >= 11 is 0. The van der Waals surface area contributed by atoms with Crippen molar-refractivity contribution < 1.29 is 9.59 Å². The largest absolute Gasteiger partial charge is 0.312 e. The zero-order chi connectivity index (χ0) is 24.1. The van der Waals surface area contributed by atoms with E-state index in [4.69, 9.17) is 0 Å². The maximum absolute atomic E-state index is 13.5. The highest BCUT2D eigenvalue weighted by Crippen LogP contribution is 2.30. The summed E-state index contributed by atoms with van der Waals surface area (Å²) in [5, 5.41) is 9.19. The number of benzene rings is 1. The molecule has 3 aromatic rings. The van der Waals surface area contributed by atoms with Crippen molar-refractivity contribution in [1.29, 1.82) is 5.26 Å². The van der Waals surface area contributed by atoms with Crippen molar-refractivity contribution in [1.82, 2.24) is 14.5 Å². The van der Waals surface area contributed by atoms with E-state index in [-0.39, 0.29) is 11.6 Å². The van der Waals surface area contributed by atoms with Crippen molar-refractivity contribution in [2.75, 3.05) is 19.6 Å². The van der Waals surface area contributed by atoms with Crippen LogP contribution in [0.4, 0.5) is 0 Å². The molecule has 174 valence electrons. The summed E-state index contributed by atoms with van der Waals surface area (Å²) < 4.78 is 2.03. The molecule has 0 aliphatic carbocycles. The minimum Gasteiger partial charge on any atom is -0.312 e. The molecule has 0 saturated carbocycles. The van der Waals surface area contributed by atoms with Gasteiger partial charge in [0.1, 0.15) is 0 Å². The smallest absolute Gasteiger partial charge is 0.180 e. The van der Waals surface area contributed by atoms with Crippen LogP contribution in [-0.2, 0) is 4.79 Å². The first-order valence-electron chi connectivity index (χ1n) is 12.0. The number of rotatable bonds is 8. The number of hydrogen-bond donors (Lipinski definition) is 0. The van der Waals surface area contributed by atoms with E-state index in [0.29, 0.717) is 29.6 Å². The van der Waals surface area contributed by atoms with Crippen LogP contribution < -0.4 is 0 Å². The van der Waals surface area contributed by atoms with Gasteiger partial charge >= 0.3 is 0 Å². The highest BCUT2D eigenvalue weighted by molar-refractivity contribution is 6.09. The Bertz CT molecular complexity index is 1270. The van der Waals surface area contributed by atoms with E-state index in [1.54, 1.807) is 30.5 Å². The first-order chi connectivity index (χ1) is 16.5. The van der Waals surface area contributed by atoms with Gasteiger partial charge in [-0.15, -0.1) is 0 Å². The lowest BCUT2D eigenvalue weighted by Gasteiger charge is -2.25. The van der Waals surface area contributed by atoms with E-state index in [2.05, 4.69) is 16.0 Å². The molecule has 6 nitrogen and oxygen atoms in total. The second-order valence-electron chi connectivity index (χ2n) is 8.90. The average Bonchev–Trinajstić information content (AvgIpc) is 3.14. The summed E-state index contributed by atoms with van der Waals surface area (Å²) in [5.41, 5.74) is 5.20. The van der Waals surface area contributed by atoms with E-state index >= 15 is 0 Å². The van der Waals surface area contributed by atoms with E-state index in [9.17, 15) is 14.9 Å². The standard InChI is InChI=1S/C28H30N4O2/c1-3-7-24(33)13-10-22-16-25-28(30-18-22)27(26(34)19-31-14-5-4-6-15-31)20(2)32(25)23-11-8-21(17-29)9-12-23/h8-13,16,18H,3-7,14-15,19H2,1-2H3/b13-10+. The van der Waals surface area contributed by atoms with Gasteiger partial charge in [-0.25, -0.2) is 0 Å². The Kier molecular flexibility index (Phi) is 7.34. The molecule has 6 heteroatoms. The third-order valence-electron chi connectivity index (χ3n) is 6.37. The fourth-order valence-corrected chi connectivity index (χ4v) is 4.66. The predicted octanol–water partition coefficient (Wildman–Crippen LogP) is 5.26. The Labute approximate surface area is 200 Å². The van der Waals surface area contributed by atoms with Crippen LogP contribution in [-0.4, -0.2) is 45.7 Å². The summed E-state index contributed by atoms with van der Waals surface area (Å²) in [5.74, 6) is 0.157. The molecule has 0 amide bonds. The number of ketones is 2. The summed E-state index contributed by atoms with van der Waals surface area (Å²) in [4.78, 5) is 32.4. The molecule has 0 unspecified atom stereocenters. The third-order valence-corrected chi connectivity index (χ3v) is 6.37. The van der Waals surface area contributed by atoms with Gasteiger partial charge in [-0.05, 0) is 87.3 Å². The number of nitriles is 1. The van der Waals surface area contributed by atoms with Gasteiger partial charge in [-0.1, -0.05) is 13.3 Å². The summed E-state index contributed by atoms with van der Waals surface area (Å²) in [7, 11) is 0. The van der Waals surface area contributed by atoms with Crippen molar-refractivity contribution in [3.05, 3.63) is 65.0 Å². The molecule has 4 rings (SSSR count). The highest BCUT2D eigenvalue weighted by Gasteiger charge is 2.24. The minimum atomic E-state index is 0.0747. The van der Waals surface area contributed by atoms with Gasteiger partial charge in [0.2, 0.25) is 0 Å². The Hall–Kier alpha value is -3.56. The average molecular weight is 455 g/mol. The quantitative estimate of drug-likeness (QED) is 0.343. The number of hydrogen-bond acceptors (Lipinski definition) is 5. The van der Waals surface area contributed by atoms with Crippen molar-refractivity contribution in [3.63, 3.8) is 0 Å². The topological polar surface area (TPSA) is 79.0 Å². The Morgan fingerprint density at radius 3 is 2.56 bits per heavy atom. The third kappa shape index (κ3) is 5.00. The molecular formula is C28H30N4O2. The predicted molar refractivity (Wildman–Crippen MR) is 134 cm³/mol. The first-order valence-corrected chi connectivity index (χ1v) is 12.0. The summed E-state index contributed by atoms with van der Waals surface area (Å²) in [6, 6.07) is 11.4. The highest BCUT2D eigenvalue weighted by atomic mass is 16.1. The lowest BCUT2D eigenvalue weighted by atomic mass is 10.1. The minimum absolute atomic E-state index is 0.0747. The Morgan fingerprint density at radius 1 is 1.15 bits per heavy atom. The molecule has 3 heterocycles. The number of piperidine rings is 1. The van der Waals surface area contributed by atoms with E-state index in [1.807, 2.05) is 36.6 Å². The van der Waals surface area contributed by atoms with Gasteiger partial charge in [0, 0.05) is 24.0 Å². The molecule has 34 heavy (non-hydrogen) atoms. The summed E-state index contributed by atoms with van der Waals surface area (Å²) in [6.07, 6.45) is 9.90. The molecule has 1 aromatic carbocycles. The molecule has 1 aliphatic rings. The van der Waals surface area contributed by atoms with E-state index < -0.39 is 0 Å². The van der Waals surface area contributed by atoms with Crippen LogP contribution in [0.1, 0.15) is 66.2 Å². The molecule has 0 N–H and O–H groups in total. The van der Waals surface area contributed by atoms with Crippen LogP contribution in [0.25, 0.3) is 22.8 Å². The van der Waals surface area contributed by atoms with Crippen LogP contribution in [0, 0.1) is 18.3 Å². The first kappa shape index (κ1) is 23.6. The number of allylic oxidation sites excluding steroid dienone is 1. The number of likely N-dealkylation sites (tertiary alicyclic amines) is 1. The van der Waals surface area contributed by atoms with Crippen LogP contribution >= 0.6 is 0 Å². The zero-order valence-corrected chi connectivity index (χ0v) is 19.9. The van der Waals surface area contributed by atoms with Crippen LogP contribution in [0.3, 0.4) is 0 Å². The zero-order valence-electron chi connectivity index (χ0n) is 19.9. The molecule has 0 atom stereocenters. The molecular weight excluding hydrogens is 424 g/mol. The Morgan fingerprint density at radius 2 is 1.88 bits per heavy atom. The molecule has 0 radical (unpaired) electrons. The van der Waals surface area contributed by atoms with Gasteiger partial charge in [0.05, 0.1) is 34.8 Å². The van der Waals surface area contributed by atoms with Crippen LogP contribution in [0.2, 0.25) is 0 Å². The fraction of sp³-hybridized carbons (Fsp3) is 0.357. The number of aromatic nitrogens is 2. The molecule has 0 spiro atoms. The monoisotopic (exact) mass is 454 g/mol. The van der Waals surface area contributed by atoms with Crippen molar-refractivity contribution in [2.45, 2.75) is 46.0 Å². The van der Waals surface area contributed by atoms with Gasteiger partial charge in [0.15, 0.2) is 11.6 Å². The maximum Gasteiger partial charge on any atom is 0.180 e. The fourth-order valence-electron chi connectivity index (χ4n) is 4.66. The number of carbonyl (C=O) groups is 2. The normalized spacial score (nSPS) is 14.5. The lowest BCUT2D eigenvalue weighted by molar-refractivity contribution is -0.114. The van der Waals surface area contributed by atoms with Crippen molar-refractivity contribution >= 4 is 28.7 Å². The van der Waals surface area contributed by atoms with Crippen molar-refractivity contribution in [2.24, 2.45) is 0 Å². The second kappa shape index (κ2) is 10.6. The van der Waals surface area contributed by atoms with Gasteiger partial charge in [-0.3, -0.25) is 19.5 Å².